The molecule has 1 unspecified atom stereocenters. The van der Waals surface area contributed by atoms with Crippen molar-refractivity contribution >= 4 is 0 Å². The molecule has 0 aromatic rings. The topological polar surface area (TPSA) is 15.7 Å². The molecule has 0 aromatic heterocycles. The lowest BCUT2D eigenvalue weighted by Crippen LogP contribution is -2.32. The van der Waals surface area contributed by atoms with Crippen molar-refractivity contribution in [2.45, 2.75) is 39.2 Å². The maximum Gasteiger partial charge on any atom is 0.0674 e. The highest BCUT2D eigenvalue weighted by atomic mass is 16.5. The molecule has 1 heterocycles. The van der Waals surface area contributed by atoms with Gasteiger partial charge in [-0.3, -0.25) is 0 Å². The maximum absolute atomic E-state index is 5.84. The molecule has 3 nitrogen and oxygen atoms in total. The van der Waals surface area contributed by atoms with Crippen molar-refractivity contribution in [3.8, 4) is 0 Å². The molecule has 0 N–H and O–H groups in total. The lowest BCUT2D eigenvalue weighted by atomic mass is 10.3. The zero-order chi connectivity index (χ0) is 11.8. The van der Waals surface area contributed by atoms with E-state index in [4.69, 9.17) is 4.74 Å². The van der Waals surface area contributed by atoms with Crippen LogP contribution in [0.25, 0.3) is 0 Å². The van der Waals surface area contributed by atoms with E-state index >= 15 is 0 Å². The summed E-state index contributed by atoms with van der Waals surface area (Å²) in [5.41, 5.74) is 0. The molecule has 96 valence electrons. The highest BCUT2D eigenvalue weighted by Crippen LogP contribution is 2.06. The van der Waals surface area contributed by atoms with Crippen molar-refractivity contribution in [3.63, 3.8) is 0 Å². The third-order valence-corrected chi connectivity index (χ3v) is 3.18. The minimum absolute atomic E-state index is 0.360. The summed E-state index contributed by atoms with van der Waals surface area (Å²) < 4.78 is 5.84. The SMILES string of the molecule is CCCN(C)CC(C)OCCN1CCCC1. The Morgan fingerprint density at radius 3 is 2.62 bits per heavy atom. The van der Waals surface area contributed by atoms with Gasteiger partial charge >= 0.3 is 0 Å². The fraction of sp³-hybridized carbons (Fsp3) is 1.00. The second kappa shape index (κ2) is 8.04. The van der Waals surface area contributed by atoms with E-state index in [0.29, 0.717) is 6.10 Å². The summed E-state index contributed by atoms with van der Waals surface area (Å²) in [6, 6.07) is 0. The Hall–Kier alpha value is -0.120. The fourth-order valence-electron chi connectivity index (χ4n) is 2.35. The van der Waals surface area contributed by atoms with Gasteiger partial charge in [0.25, 0.3) is 0 Å². The summed E-state index contributed by atoms with van der Waals surface area (Å²) >= 11 is 0. The molecule has 0 amide bonds. The molecular weight excluding hydrogens is 200 g/mol. The molecule has 0 aromatic carbocycles. The minimum atomic E-state index is 0.360. The molecule has 0 spiro atoms. The van der Waals surface area contributed by atoms with Crippen LogP contribution in [0.15, 0.2) is 0 Å². The Morgan fingerprint density at radius 1 is 1.31 bits per heavy atom. The van der Waals surface area contributed by atoms with Gasteiger partial charge in [-0.25, -0.2) is 0 Å². The molecule has 16 heavy (non-hydrogen) atoms. The third-order valence-electron chi connectivity index (χ3n) is 3.18. The molecule has 1 aliphatic rings. The monoisotopic (exact) mass is 228 g/mol. The Bertz CT molecular complexity index is 169. The number of rotatable bonds is 8. The fourth-order valence-corrected chi connectivity index (χ4v) is 2.35. The van der Waals surface area contributed by atoms with Crippen LogP contribution < -0.4 is 0 Å². The van der Waals surface area contributed by atoms with Crippen molar-refractivity contribution in [1.29, 1.82) is 0 Å². The Balaban J connectivity index is 1.98. The second-order valence-electron chi connectivity index (χ2n) is 4.99. The Kier molecular flexibility index (Phi) is 7.01. The summed E-state index contributed by atoms with van der Waals surface area (Å²) in [5.74, 6) is 0. The summed E-state index contributed by atoms with van der Waals surface area (Å²) in [4.78, 5) is 4.85. The van der Waals surface area contributed by atoms with E-state index in [9.17, 15) is 0 Å². The lowest BCUT2D eigenvalue weighted by molar-refractivity contribution is 0.0330. The van der Waals surface area contributed by atoms with E-state index in [1.54, 1.807) is 0 Å². The molecule has 0 aliphatic carbocycles. The van der Waals surface area contributed by atoms with Crippen molar-refractivity contribution in [1.82, 2.24) is 9.80 Å². The summed E-state index contributed by atoms with van der Waals surface area (Å²) in [5, 5.41) is 0. The third kappa shape index (κ3) is 5.83. The molecule has 1 rings (SSSR count). The van der Waals surface area contributed by atoms with E-state index in [1.807, 2.05) is 0 Å². The molecule has 1 atom stereocenters. The van der Waals surface area contributed by atoms with Gasteiger partial charge in [-0.2, -0.15) is 0 Å². The molecule has 0 saturated carbocycles. The molecule has 0 bridgehead atoms. The van der Waals surface area contributed by atoms with E-state index in [2.05, 4.69) is 30.7 Å². The Morgan fingerprint density at radius 2 is 2.00 bits per heavy atom. The first-order valence-electron chi connectivity index (χ1n) is 6.75. The molecular formula is C13H28N2O. The average molecular weight is 228 g/mol. The first-order valence-corrected chi connectivity index (χ1v) is 6.75. The zero-order valence-corrected chi connectivity index (χ0v) is 11.2. The predicted molar refractivity (Wildman–Crippen MR) is 68.9 cm³/mol. The van der Waals surface area contributed by atoms with Crippen molar-refractivity contribution in [2.24, 2.45) is 0 Å². The largest absolute Gasteiger partial charge is 0.376 e. The van der Waals surface area contributed by atoms with E-state index in [-0.39, 0.29) is 0 Å². The molecule has 1 aliphatic heterocycles. The molecule has 1 saturated heterocycles. The lowest BCUT2D eigenvalue weighted by Gasteiger charge is -2.22. The Labute approximate surface area is 101 Å². The van der Waals surface area contributed by atoms with Gasteiger partial charge in [0.1, 0.15) is 0 Å². The van der Waals surface area contributed by atoms with Gasteiger partial charge in [0.15, 0.2) is 0 Å². The van der Waals surface area contributed by atoms with Gasteiger partial charge in [0.2, 0.25) is 0 Å². The van der Waals surface area contributed by atoms with Crippen LogP contribution in [-0.2, 0) is 4.74 Å². The highest BCUT2D eigenvalue weighted by Gasteiger charge is 2.12. The van der Waals surface area contributed by atoms with E-state index in [0.717, 1.165) is 19.7 Å². The van der Waals surface area contributed by atoms with Crippen LogP contribution in [0, 0.1) is 0 Å². The van der Waals surface area contributed by atoms with Crippen LogP contribution in [-0.4, -0.2) is 62.3 Å². The highest BCUT2D eigenvalue weighted by molar-refractivity contribution is 4.66. The summed E-state index contributed by atoms with van der Waals surface area (Å²) in [6.45, 7) is 11.2. The van der Waals surface area contributed by atoms with Crippen LogP contribution in [0.3, 0.4) is 0 Å². The number of hydrogen-bond acceptors (Lipinski definition) is 3. The number of likely N-dealkylation sites (tertiary alicyclic amines) is 1. The van der Waals surface area contributed by atoms with Gasteiger partial charge in [-0.1, -0.05) is 6.92 Å². The van der Waals surface area contributed by atoms with Gasteiger partial charge in [-0.05, 0) is 52.9 Å². The van der Waals surface area contributed by atoms with Crippen LogP contribution in [0.4, 0.5) is 0 Å². The molecule has 1 fully saturated rings. The summed E-state index contributed by atoms with van der Waals surface area (Å²) in [7, 11) is 2.17. The van der Waals surface area contributed by atoms with E-state index < -0.39 is 0 Å². The minimum Gasteiger partial charge on any atom is -0.376 e. The van der Waals surface area contributed by atoms with Crippen LogP contribution in [0.5, 0.6) is 0 Å². The van der Waals surface area contributed by atoms with Gasteiger partial charge < -0.3 is 14.5 Å². The quantitative estimate of drug-likeness (QED) is 0.630. The van der Waals surface area contributed by atoms with Gasteiger partial charge in [0, 0.05) is 13.1 Å². The van der Waals surface area contributed by atoms with Crippen molar-refractivity contribution < 1.29 is 4.74 Å². The van der Waals surface area contributed by atoms with Gasteiger partial charge in [-0.15, -0.1) is 0 Å². The number of ether oxygens (including phenoxy) is 1. The average Bonchev–Trinajstić information content (AvgIpc) is 2.70. The summed E-state index contributed by atoms with van der Waals surface area (Å²) in [6.07, 6.45) is 4.32. The predicted octanol–water partition coefficient (Wildman–Crippen LogP) is 1.83. The zero-order valence-electron chi connectivity index (χ0n) is 11.2. The van der Waals surface area contributed by atoms with Crippen LogP contribution >= 0.6 is 0 Å². The van der Waals surface area contributed by atoms with Crippen LogP contribution in [0.1, 0.15) is 33.1 Å². The second-order valence-corrected chi connectivity index (χ2v) is 4.99. The van der Waals surface area contributed by atoms with Crippen molar-refractivity contribution in [2.75, 3.05) is 46.4 Å². The smallest absolute Gasteiger partial charge is 0.0674 e. The standard InChI is InChI=1S/C13H28N2O/c1-4-7-14(3)12-13(2)16-11-10-15-8-5-6-9-15/h13H,4-12H2,1-3H3. The van der Waals surface area contributed by atoms with Crippen LogP contribution in [0.2, 0.25) is 0 Å². The number of hydrogen-bond donors (Lipinski definition) is 0. The van der Waals surface area contributed by atoms with Gasteiger partial charge in [0.05, 0.1) is 12.7 Å². The molecule has 3 heteroatoms. The normalized spacial score (nSPS) is 19.5. The number of nitrogens with zero attached hydrogens (tertiary/aromatic N) is 2. The van der Waals surface area contributed by atoms with Crippen molar-refractivity contribution in [3.05, 3.63) is 0 Å². The maximum atomic E-state index is 5.84. The number of likely N-dealkylation sites (N-methyl/N-ethyl adjacent to an activating group) is 1. The van der Waals surface area contributed by atoms with E-state index in [1.165, 1.54) is 38.9 Å². The first kappa shape index (κ1) is 13.9. The molecule has 0 radical (unpaired) electrons. The first-order chi connectivity index (χ1) is 7.72.